The molecule has 24 heavy (non-hydrogen) atoms. The van der Waals surface area contributed by atoms with Gasteiger partial charge in [0, 0.05) is 36.9 Å². The molecule has 0 bridgehead atoms. The van der Waals surface area contributed by atoms with Crippen molar-refractivity contribution in [3.63, 3.8) is 0 Å². The summed E-state index contributed by atoms with van der Waals surface area (Å²) < 4.78 is 23.5. The van der Waals surface area contributed by atoms with E-state index in [4.69, 9.17) is 17.3 Å². The molecule has 134 valence electrons. The first kappa shape index (κ1) is 18.9. The molecule has 1 saturated heterocycles. The summed E-state index contributed by atoms with van der Waals surface area (Å²) in [6.45, 7) is 6.76. The number of hydrogen-bond donors (Lipinski definition) is 1. The number of halogens is 1. The molecule has 2 N–H and O–H groups in total. The van der Waals surface area contributed by atoms with Gasteiger partial charge in [0.1, 0.15) is 0 Å². The molecule has 1 aromatic carbocycles. The highest BCUT2D eigenvalue weighted by Gasteiger charge is 2.19. The summed E-state index contributed by atoms with van der Waals surface area (Å²) in [5.74, 6) is 0.459. The van der Waals surface area contributed by atoms with E-state index in [0.717, 1.165) is 36.9 Å². The lowest BCUT2D eigenvalue weighted by Gasteiger charge is -2.36. The normalized spacial score (nSPS) is 16.8. The second kappa shape index (κ2) is 8.07. The molecule has 0 atom stereocenters. The quantitative estimate of drug-likeness (QED) is 0.627. The summed E-state index contributed by atoms with van der Waals surface area (Å²) in [4.78, 5) is 8.49. The van der Waals surface area contributed by atoms with Crippen LogP contribution in [0.2, 0.25) is 5.02 Å². The number of sulfone groups is 1. The number of anilines is 1. The van der Waals surface area contributed by atoms with Gasteiger partial charge in [0.15, 0.2) is 15.8 Å². The van der Waals surface area contributed by atoms with Gasteiger partial charge in [0.05, 0.1) is 17.5 Å². The number of nitrogens with two attached hydrogens (primary N) is 1. The molecular formula is C16H25ClN4O2S. The fourth-order valence-electron chi connectivity index (χ4n) is 2.47. The minimum Gasteiger partial charge on any atom is -0.370 e. The van der Waals surface area contributed by atoms with Crippen LogP contribution in [0.25, 0.3) is 0 Å². The Kier molecular flexibility index (Phi) is 6.34. The molecule has 0 radical (unpaired) electrons. The van der Waals surface area contributed by atoms with Gasteiger partial charge in [-0.05, 0) is 38.1 Å². The molecule has 1 aromatic rings. The van der Waals surface area contributed by atoms with E-state index in [2.05, 4.69) is 9.89 Å². The molecule has 0 saturated carbocycles. The van der Waals surface area contributed by atoms with Gasteiger partial charge >= 0.3 is 0 Å². The summed E-state index contributed by atoms with van der Waals surface area (Å²) in [7, 11) is -3.07. The fraction of sp³-hybridized carbons (Fsp3) is 0.562. The van der Waals surface area contributed by atoms with Crippen molar-refractivity contribution in [3.8, 4) is 0 Å². The minimum atomic E-state index is -3.07. The summed E-state index contributed by atoms with van der Waals surface area (Å²) in [5, 5.41) is 0.349. The van der Waals surface area contributed by atoms with Gasteiger partial charge in [0.2, 0.25) is 0 Å². The van der Waals surface area contributed by atoms with Crippen molar-refractivity contribution in [1.82, 2.24) is 4.90 Å². The van der Waals surface area contributed by atoms with Gasteiger partial charge in [-0.3, -0.25) is 4.99 Å². The van der Waals surface area contributed by atoms with Gasteiger partial charge in [-0.2, -0.15) is 0 Å². The van der Waals surface area contributed by atoms with E-state index in [-0.39, 0.29) is 17.5 Å². The second-order valence-electron chi connectivity index (χ2n) is 6.11. The lowest BCUT2D eigenvalue weighted by atomic mass is 10.2. The molecule has 6 nitrogen and oxygen atoms in total. The number of rotatable bonds is 5. The number of guanidine groups is 1. The van der Waals surface area contributed by atoms with Crippen LogP contribution in [0.4, 0.5) is 5.69 Å². The average Bonchev–Trinajstić information content (AvgIpc) is 2.55. The highest BCUT2D eigenvalue weighted by Crippen LogP contribution is 2.19. The maximum absolute atomic E-state index is 11.8. The Hall–Kier alpha value is -1.47. The smallest absolute Gasteiger partial charge is 0.191 e. The first-order chi connectivity index (χ1) is 11.3. The number of hydrogen-bond acceptors (Lipinski definition) is 4. The first-order valence-electron chi connectivity index (χ1n) is 8.06. The molecule has 1 aliphatic rings. The summed E-state index contributed by atoms with van der Waals surface area (Å²) in [5.41, 5.74) is 7.14. The Bertz CT molecular complexity index is 666. The zero-order valence-corrected chi connectivity index (χ0v) is 15.7. The van der Waals surface area contributed by atoms with Crippen molar-refractivity contribution in [3.05, 3.63) is 29.3 Å². The second-order valence-corrected chi connectivity index (χ2v) is 9.22. The predicted molar refractivity (Wildman–Crippen MR) is 101 cm³/mol. The number of nitrogens with zero attached hydrogens (tertiary/aromatic N) is 3. The molecular weight excluding hydrogens is 348 g/mol. The highest BCUT2D eigenvalue weighted by atomic mass is 35.5. The maximum Gasteiger partial charge on any atom is 0.191 e. The van der Waals surface area contributed by atoms with E-state index in [1.807, 2.05) is 29.2 Å². The van der Waals surface area contributed by atoms with Crippen molar-refractivity contribution in [2.45, 2.75) is 19.1 Å². The number of aliphatic imine (C=N–C) groups is 1. The van der Waals surface area contributed by atoms with Gasteiger partial charge in [-0.15, -0.1) is 0 Å². The Morgan fingerprint density at radius 2 is 1.79 bits per heavy atom. The molecule has 1 aliphatic heterocycles. The van der Waals surface area contributed by atoms with Crippen molar-refractivity contribution in [2.75, 3.05) is 43.4 Å². The van der Waals surface area contributed by atoms with Gasteiger partial charge in [0.25, 0.3) is 0 Å². The number of benzene rings is 1. The molecule has 8 heteroatoms. The molecule has 0 aromatic heterocycles. The Labute approximate surface area is 149 Å². The molecule has 0 spiro atoms. The summed E-state index contributed by atoms with van der Waals surface area (Å²) in [6, 6.07) is 7.78. The van der Waals surface area contributed by atoms with Crippen LogP contribution in [-0.2, 0) is 9.84 Å². The van der Waals surface area contributed by atoms with Crippen LogP contribution in [0.5, 0.6) is 0 Å². The lowest BCUT2D eigenvalue weighted by Crippen LogP contribution is -2.51. The largest absolute Gasteiger partial charge is 0.370 e. The standard InChI is InChI=1S/C16H25ClN4O2S/c1-13(2)24(22,23)12-7-19-16(18)21-10-8-20(9-11-21)15-5-3-14(17)4-6-15/h3-6,13H,7-12H2,1-2H3,(H2,18,19). The average molecular weight is 373 g/mol. The van der Waals surface area contributed by atoms with Crippen LogP contribution < -0.4 is 10.6 Å². The SMILES string of the molecule is CC(C)S(=O)(=O)CCN=C(N)N1CCN(c2ccc(Cl)cc2)CC1. The third-order valence-corrected chi connectivity index (χ3v) is 6.60. The first-order valence-corrected chi connectivity index (χ1v) is 10.2. The Morgan fingerprint density at radius 3 is 2.33 bits per heavy atom. The van der Waals surface area contributed by atoms with Crippen LogP contribution in [0.3, 0.4) is 0 Å². The molecule has 0 unspecified atom stereocenters. The highest BCUT2D eigenvalue weighted by molar-refractivity contribution is 7.92. The predicted octanol–water partition coefficient (Wildman–Crippen LogP) is 1.60. The van der Waals surface area contributed by atoms with E-state index < -0.39 is 9.84 Å². The zero-order valence-electron chi connectivity index (χ0n) is 14.2. The van der Waals surface area contributed by atoms with Crippen LogP contribution in [-0.4, -0.2) is 63.0 Å². The maximum atomic E-state index is 11.8. The van der Waals surface area contributed by atoms with Crippen molar-refractivity contribution >= 4 is 33.1 Å². The molecule has 0 amide bonds. The van der Waals surface area contributed by atoms with Crippen LogP contribution in [0, 0.1) is 0 Å². The van der Waals surface area contributed by atoms with Crippen LogP contribution in [0.1, 0.15) is 13.8 Å². The van der Waals surface area contributed by atoms with E-state index in [1.165, 1.54) is 0 Å². The van der Waals surface area contributed by atoms with E-state index >= 15 is 0 Å². The third kappa shape index (κ3) is 5.01. The van der Waals surface area contributed by atoms with E-state index in [0.29, 0.717) is 5.96 Å². The minimum absolute atomic E-state index is 0.0378. The lowest BCUT2D eigenvalue weighted by molar-refractivity contribution is 0.381. The van der Waals surface area contributed by atoms with Crippen molar-refractivity contribution in [2.24, 2.45) is 10.7 Å². The monoisotopic (exact) mass is 372 g/mol. The van der Waals surface area contributed by atoms with Gasteiger partial charge in [-0.1, -0.05) is 11.6 Å². The summed E-state index contributed by atoms with van der Waals surface area (Å²) >= 11 is 5.91. The fourth-order valence-corrected chi connectivity index (χ4v) is 3.41. The molecule has 1 heterocycles. The van der Waals surface area contributed by atoms with Gasteiger partial charge < -0.3 is 15.5 Å². The van der Waals surface area contributed by atoms with Crippen LogP contribution >= 0.6 is 11.6 Å². The van der Waals surface area contributed by atoms with Gasteiger partial charge in [-0.25, -0.2) is 8.42 Å². The third-order valence-electron chi connectivity index (χ3n) is 4.16. The number of piperazine rings is 1. The Balaban J connectivity index is 1.85. The topological polar surface area (TPSA) is 79.0 Å². The van der Waals surface area contributed by atoms with Crippen LogP contribution in [0.15, 0.2) is 29.3 Å². The molecule has 2 rings (SSSR count). The van der Waals surface area contributed by atoms with Crippen molar-refractivity contribution in [1.29, 1.82) is 0 Å². The van der Waals surface area contributed by atoms with E-state index in [9.17, 15) is 8.42 Å². The molecule has 0 aliphatic carbocycles. The zero-order chi connectivity index (χ0) is 17.7. The summed E-state index contributed by atoms with van der Waals surface area (Å²) in [6.07, 6.45) is 0. The Morgan fingerprint density at radius 1 is 1.21 bits per heavy atom. The van der Waals surface area contributed by atoms with E-state index in [1.54, 1.807) is 13.8 Å². The molecule has 1 fully saturated rings. The van der Waals surface area contributed by atoms with Crippen molar-refractivity contribution < 1.29 is 8.42 Å².